The molecule has 14 heavy (non-hydrogen) atoms. The van der Waals surface area contributed by atoms with Crippen LogP contribution in [0.3, 0.4) is 0 Å². The lowest BCUT2D eigenvalue weighted by Crippen LogP contribution is -2.52. The topological polar surface area (TPSA) is 43.8 Å². The lowest BCUT2D eigenvalue weighted by atomic mass is 10.0. The molecule has 1 amide bonds. The molecule has 2 heterocycles. The highest BCUT2D eigenvalue weighted by Crippen LogP contribution is 2.15. The van der Waals surface area contributed by atoms with Crippen LogP contribution in [0.25, 0.3) is 0 Å². The van der Waals surface area contributed by atoms with Crippen molar-refractivity contribution in [2.24, 2.45) is 5.92 Å². The van der Waals surface area contributed by atoms with Crippen molar-refractivity contribution in [3.8, 4) is 0 Å². The lowest BCUT2D eigenvalue weighted by Gasteiger charge is -2.38. The van der Waals surface area contributed by atoms with E-state index in [-0.39, 0.29) is 12.5 Å². The maximum absolute atomic E-state index is 11.7. The monoisotopic (exact) mass is 198 g/mol. The van der Waals surface area contributed by atoms with Gasteiger partial charge in [0.1, 0.15) is 0 Å². The van der Waals surface area contributed by atoms with Crippen LogP contribution in [0.5, 0.6) is 0 Å². The molecular formula is C10H18N2O2. The summed E-state index contributed by atoms with van der Waals surface area (Å²) in [4.78, 5) is 15.7. The molecule has 0 bridgehead atoms. The van der Waals surface area contributed by atoms with Crippen molar-refractivity contribution >= 4 is 5.91 Å². The Morgan fingerprint density at radius 1 is 1.29 bits per heavy atom. The van der Waals surface area contributed by atoms with E-state index in [1.807, 2.05) is 4.90 Å². The van der Waals surface area contributed by atoms with E-state index in [1.165, 1.54) is 0 Å². The molecule has 0 unspecified atom stereocenters. The van der Waals surface area contributed by atoms with Crippen molar-refractivity contribution in [1.29, 1.82) is 0 Å². The maximum Gasteiger partial charge on any atom is 0.236 e. The molecule has 0 atom stereocenters. The van der Waals surface area contributed by atoms with Crippen LogP contribution in [0.4, 0.5) is 0 Å². The summed E-state index contributed by atoms with van der Waals surface area (Å²) in [7, 11) is 0. The summed E-state index contributed by atoms with van der Waals surface area (Å²) in [5, 5.41) is 8.83. The minimum Gasteiger partial charge on any atom is -0.396 e. The van der Waals surface area contributed by atoms with E-state index in [9.17, 15) is 4.79 Å². The normalized spacial score (nSPS) is 23.9. The van der Waals surface area contributed by atoms with E-state index in [1.54, 1.807) is 0 Å². The van der Waals surface area contributed by atoms with Gasteiger partial charge in [0.25, 0.3) is 0 Å². The second-order valence-corrected chi connectivity index (χ2v) is 4.33. The highest BCUT2D eigenvalue weighted by atomic mass is 16.3. The molecular weight excluding hydrogens is 180 g/mol. The number of aliphatic hydroxyl groups is 1. The van der Waals surface area contributed by atoms with E-state index in [0.717, 1.165) is 39.0 Å². The molecule has 2 fully saturated rings. The molecule has 0 aliphatic carbocycles. The molecule has 0 aromatic heterocycles. The number of aliphatic hydroxyl groups excluding tert-OH is 1. The zero-order chi connectivity index (χ0) is 9.97. The van der Waals surface area contributed by atoms with Crippen molar-refractivity contribution in [3.63, 3.8) is 0 Å². The van der Waals surface area contributed by atoms with Gasteiger partial charge in [-0.15, -0.1) is 0 Å². The Morgan fingerprint density at radius 2 is 1.93 bits per heavy atom. The minimum atomic E-state index is 0.258. The summed E-state index contributed by atoms with van der Waals surface area (Å²) in [6.07, 6.45) is 2.32. The highest BCUT2D eigenvalue weighted by Gasteiger charge is 2.29. The SMILES string of the molecule is O=C(CN1CC(CO)C1)N1CCCC1. The number of amides is 1. The first-order chi connectivity index (χ1) is 6.79. The zero-order valence-electron chi connectivity index (χ0n) is 8.48. The Labute approximate surface area is 84.5 Å². The third-order valence-electron chi connectivity index (χ3n) is 3.11. The Morgan fingerprint density at radius 3 is 2.50 bits per heavy atom. The van der Waals surface area contributed by atoms with E-state index in [2.05, 4.69) is 4.90 Å². The summed E-state index contributed by atoms with van der Waals surface area (Å²) in [6.45, 7) is 4.46. The first kappa shape index (κ1) is 9.93. The van der Waals surface area contributed by atoms with Crippen molar-refractivity contribution < 1.29 is 9.90 Å². The van der Waals surface area contributed by atoms with Gasteiger partial charge in [0.05, 0.1) is 6.54 Å². The molecule has 80 valence electrons. The molecule has 0 radical (unpaired) electrons. The average molecular weight is 198 g/mol. The van der Waals surface area contributed by atoms with E-state index in [4.69, 9.17) is 5.11 Å². The highest BCUT2D eigenvalue weighted by molar-refractivity contribution is 5.78. The Bertz CT molecular complexity index is 208. The number of rotatable bonds is 3. The van der Waals surface area contributed by atoms with E-state index < -0.39 is 0 Å². The van der Waals surface area contributed by atoms with Crippen molar-refractivity contribution in [1.82, 2.24) is 9.80 Å². The van der Waals surface area contributed by atoms with Gasteiger partial charge in [-0.25, -0.2) is 0 Å². The lowest BCUT2D eigenvalue weighted by molar-refractivity contribution is -0.133. The summed E-state index contributed by atoms with van der Waals surface area (Å²) in [6, 6.07) is 0. The average Bonchev–Trinajstić information content (AvgIpc) is 2.62. The van der Waals surface area contributed by atoms with Gasteiger partial charge >= 0.3 is 0 Å². The van der Waals surface area contributed by atoms with Gasteiger partial charge in [0.15, 0.2) is 0 Å². The fourth-order valence-corrected chi connectivity index (χ4v) is 2.18. The van der Waals surface area contributed by atoms with Gasteiger partial charge in [-0.05, 0) is 12.8 Å². The van der Waals surface area contributed by atoms with Gasteiger partial charge in [-0.3, -0.25) is 9.69 Å². The van der Waals surface area contributed by atoms with E-state index in [0.29, 0.717) is 12.5 Å². The molecule has 2 aliphatic heterocycles. The quantitative estimate of drug-likeness (QED) is 0.667. The van der Waals surface area contributed by atoms with Crippen molar-refractivity contribution in [2.45, 2.75) is 12.8 Å². The van der Waals surface area contributed by atoms with Gasteiger partial charge in [-0.1, -0.05) is 0 Å². The number of likely N-dealkylation sites (tertiary alicyclic amines) is 2. The molecule has 0 aromatic rings. The second-order valence-electron chi connectivity index (χ2n) is 4.33. The number of carbonyl (C=O) groups is 1. The van der Waals surface area contributed by atoms with E-state index >= 15 is 0 Å². The predicted octanol–water partition coefficient (Wildman–Crippen LogP) is -0.467. The van der Waals surface area contributed by atoms with Crippen molar-refractivity contribution in [2.75, 3.05) is 39.3 Å². The van der Waals surface area contributed by atoms with Crippen LogP contribution >= 0.6 is 0 Å². The molecule has 4 nitrogen and oxygen atoms in total. The second kappa shape index (κ2) is 4.28. The molecule has 1 N–H and O–H groups in total. The van der Waals surface area contributed by atoms with Crippen LogP contribution in [0.15, 0.2) is 0 Å². The van der Waals surface area contributed by atoms with Crippen LogP contribution in [-0.2, 0) is 4.79 Å². The fraction of sp³-hybridized carbons (Fsp3) is 0.900. The molecule has 0 spiro atoms. The van der Waals surface area contributed by atoms with Gasteiger partial charge < -0.3 is 10.0 Å². The largest absolute Gasteiger partial charge is 0.396 e. The zero-order valence-corrected chi connectivity index (χ0v) is 8.48. The first-order valence-electron chi connectivity index (χ1n) is 5.40. The number of hydrogen-bond acceptors (Lipinski definition) is 3. The van der Waals surface area contributed by atoms with Crippen molar-refractivity contribution in [3.05, 3.63) is 0 Å². The summed E-state index contributed by atoms with van der Waals surface area (Å²) < 4.78 is 0. The maximum atomic E-state index is 11.7. The number of carbonyl (C=O) groups excluding carboxylic acids is 1. The van der Waals surface area contributed by atoms with Crippen LogP contribution < -0.4 is 0 Å². The van der Waals surface area contributed by atoms with Crippen LogP contribution in [0.1, 0.15) is 12.8 Å². The Balaban J connectivity index is 1.68. The minimum absolute atomic E-state index is 0.258. The molecule has 2 aliphatic rings. The third kappa shape index (κ3) is 2.07. The van der Waals surface area contributed by atoms with Crippen LogP contribution in [0.2, 0.25) is 0 Å². The molecule has 4 heteroatoms. The first-order valence-corrected chi connectivity index (χ1v) is 5.40. The van der Waals surface area contributed by atoms with Gasteiger partial charge in [0, 0.05) is 38.7 Å². The van der Waals surface area contributed by atoms with Crippen LogP contribution in [0, 0.1) is 5.92 Å². The predicted molar refractivity (Wildman–Crippen MR) is 52.8 cm³/mol. The summed E-state index contributed by atoms with van der Waals surface area (Å²) >= 11 is 0. The number of hydrogen-bond donors (Lipinski definition) is 1. The number of nitrogens with zero attached hydrogens (tertiary/aromatic N) is 2. The molecule has 0 saturated carbocycles. The Kier molecular flexibility index (Phi) is 3.03. The third-order valence-corrected chi connectivity index (χ3v) is 3.11. The Hall–Kier alpha value is -0.610. The van der Waals surface area contributed by atoms with Crippen LogP contribution in [-0.4, -0.2) is 60.1 Å². The molecule has 2 rings (SSSR count). The fourth-order valence-electron chi connectivity index (χ4n) is 2.18. The molecule has 0 aromatic carbocycles. The summed E-state index contributed by atoms with van der Waals surface area (Å²) in [5.74, 6) is 0.667. The summed E-state index contributed by atoms with van der Waals surface area (Å²) in [5.41, 5.74) is 0. The van der Waals surface area contributed by atoms with Gasteiger partial charge in [0.2, 0.25) is 5.91 Å². The standard InChI is InChI=1S/C10H18N2O2/c13-8-9-5-11(6-9)7-10(14)12-3-1-2-4-12/h9,13H,1-8H2. The molecule has 2 saturated heterocycles. The smallest absolute Gasteiger partial charge is 0.236 e. The van der Waals surface area contributed by atoms with Gasteiger partial charge in [-0.2, -0.15) is 0 Å².